The van der Waals surface area contributed by atoms with Crippen molar-refractivity contribution < 1.29 is 4.57 Å². The summed E-state index contributed by atoms with van der Waals surface area (Å²) in [5, 5.41) is 3.47. The number of anilines is 3. The molecule has 0 unspecified atom stereocenters. The maximum Gasteiger partial charge on any atom is 0.239 e. The molecule has 0 saturated heterocycles. The molecule has 0 amide bonds. The van der Waals surface area contributed by atoms with E-state index in [2.05, 4.69) is 52.3 Å². The van der Waals surface area contributed by atoms with Crippen molar-refractivity contribution in [3.63, 3.8) is 0 Å². The maximum atomic E-state index is 6.09. The number of fused-ring (bicyclic) bond motifs is 2. The number of para-hydroxylation sites is 2. The Morgan fingerprint density at radius 1 is 0.643 bits per heavy atom. The summed E-state index contributed by atoms with van der Waals surface area (Å²) in [5.74, 6) is 0. The summed E-state index contributed by atoms with van der Waals surface area (Å²) in [7, 11) is 0. The fourth-order valence-corrected chi connectivity index (χ4v) is 3.49. The highest BCUT2D eigenvalue weighted by Gasteiger charge is 2.20. The average Bonchev–Trinajstić information content (AvgIpc) is 2.73. The molecular weight excluding hydrogens is 344 g/mol. The number of nitrogens with two attached hydrogens (primary N) is 1. The molecule has 0 atom stereocenters. The van der Waals surface area contributed by atoms with E-state index in [1.165, 1.54) is 0 Å². The van der Waals surface area contributed by atoms with Gasteiger partial charge in [0.25, 0.3) is 0 Å². The van der Waals surface area contributed by atoms with Crippen molar-refractivity contribution in [1.29, 1.82) is 0 Å². The number of benzene rings is 4. The first-order chi connectivity index (χ1) is 13.8. The summed E-state index contributed by atoms with van der Waals surface area (Å²) in [5.41, 5.74) is 13.8. The van der Waals surface area contributed by atoms with E-state index in [0.29, 0.717) is 0 Å². The number of rotatable bonds is 3. The SMILES string of the molecule is Nc1ccc2nc3ccc(Nc4ccccc4)cc3[n+](-c3ccccc3)c2c1. The highest BCUT2D eigenvalue weighted by atomic mass is 15.0. The molecule has 1 aromatic heterocycles. The quantitative estimate of drug-likeness (QED) is 0.270. The van der Waals surface area contributed by atoms with Gasteiger partial charge in [0, 0.05) is 41.3 Å². The molecule has 0 saturated carbocycles. The summed E-state index contributed by atoms with van der Waals surface area (Å²) < 4.78 is 2.21. The van der Waals surface area contributed by atoms with Crippen LogP contribution in [-0.2, 0) is 0 Å². The van der Waals surface area contributed by atoms with Gasteiger partial charge in [-0.15, -0.1) is 4.57 Å². The number of hydrogen-bond donors (Lipinski definition) is 2. The second kappa shape index (κ2) is 6.67. The zero-order valence-electron chi connectivity index (χ0n) is 15.2. The van der Waals surface area contributed by atoms with Crippen LogP contribution in [0.25, 0.3) is 27.8 Å². The van der Waals surface area contributed by atoms with Gasteiger partial charge in [0.2, 0.25) is 16.7 Å². The molecule has 3 N–H and O–H groups in total. The third-order valence-corrected chi connectivity index (χ3v) is 4.77. The topological polar surface area (TPSA) is 54.8 Å². The van der Waals surface area contributed by atoms with E-state index in [1.807, 2.05) is 54.6 Å². The third-order valence-electron chi connectivity index (χ3n) is 4.77. The van der Waals surface area contributed by atoms with E-state index >= 15 is 0 Å². The van der Waals surface area contributed by atoms with E-state index < -0.39 is 0 Å². The molecule has 1 heterocycles. The van der Waals surface area contributed by atoms with Gasteiger partial charge in [-0.3, -0.25) is 0 Å². The monoisotopic (exact) mass is 363 g/mol. The minimum Gasteiger partial charge on any atom is -0.399 e. The average molecular weight is 363 g/mol. The van der Waals surface area contributed by atoms with E-state index in [4.69, 9.17) is 10.7 Å². The molecule has 134 valence electrons. The Morgan fingerprint density at radius 2 is 1.29 bits per heavy atom. The highest BCUT2D eigenvalue weighted by Crippen LogP contribution is 2.24. The number of nitrogens with zero attached hydrogens (tertiary/aromatic N) is 2. The van der Waals surface area contributed by atoms with Crippen LogP contribution in [0.15, 0.2) is 97.1 Å². The number of aromatic nitrogens is 2. The number of nitrogen functional groups attached to an aromatic ring is 1. The molecular formula is C24H19N4+. The van der Waals surface area contributed by atoms with Crippen molar-refractivity contribution in [1.82, 2.24) is 4.98 Å². The van der Waals surface area contributed by atoms with Crippen molar-refractivity contribution in [3.05, 3.63) is 97.1 Å². The van der Waals surface area contributed by atoms with E-state index in [-0.39, 0.29) is 0 Å². The zero-order chi connectivity index (χ0) is 18.9. The van der Waals surface area contributed by atoms with Gasteiger partial charge in [0.05, 0.1) is 0 Å². The fourth-order valence-electron chi connectivity index (χ4n) is 3.49. The van der Waals surface area contributed by atoms with Gasteiger partial charge >= 0.3 is 0 Å². The van der Waals surface area contributed by atoms with Crippen LogP contribution in [0.4, 0.5) is 17.1 Å². The van der Waals surface area contributed by atoms with Crippen LogP contribution in [0.1, 0.15) is 0 Å². The second-order valence-corrected chi connectivity index (χ2v) is 6.73. The van der Waals surface area contributed by atoms with Gasteiger partial charge in [-0.25, -0.2) is 4.98 Å². The zero-order valence-corrected chi connectivity index (χ0v) is 15.2. The van der Waals surface area contributed by atoms with Crippen LogP contribution in [0.5, 0.6) is 0 Å². The fraction of sp³-hybridized carbons (Fsp3) is 0. The Balaban J connectivity index is 1.79. The van der Waals surface area contributed by atoms with Crippen molar-refractivity contribution in [2.45, 2.75) is 0 Å². The van der Waals surface area contributed by atoms with Gasteiger partial charge in [0.15, 0.2) is 0 Å². The van der Waals surface area contributed by atoms with E-state index in [9.17, 15) is 0 Å². The van der Waals surface area contributed by atoms with Gasteiger partial charge in [0.1, 0.15) is 11.0 Å². The summed E-state index contributed by atoms with van der Waals surface area (Å²) in [6.45, 7) is 0. The van der Waals surface area contributed by atoms with Crippen molar-refractivity contribution >= 4 is 39.1 Å². The Labute approximate surface area is 162 Å². The smallest absolute Gasteiger partial charge is 0.239 e. The lowest BCUT2D eigenvalue weighted by Crippen LogP contribution is -2.33. The van der Waals surface area contributed by atoms with E-state index in [1.54, 1.807) is 0 Å². The van der Waals surface area contributed by atoms with Gasteiger partial charge < -0.3 is 11.1 Å². The summed E-state index contributed by atoms with van der Waals surface area (Å²) >= 11 is 0. The lowest BCUT2D eigenvalue weighted by Gasteiger charge is -2.09. The molecule has 4 nitrogen and oxygen atoms in total. The highest BCUT2D eigenvalue weighted by molar-refractivity contribution is 5.86. The van der Waals surface area contributed by atoms with Crippen molar-refractivity contribution in [2.75, 3.05) is 11.1 Å². The molecule has 0 aliphatic rings. The lowest BCUT2D eigenvalue weighted by molar-refractivity contribution is -0.538. The van der Waals surface area contributed by atoms with Crippen LogP contribution in [0.2, 0.25) is 0 Å². The van der Waals surface area contributed by atoms with Crippen LogP contribution in [0.3, 0.4) is 0 Å². The van der Waals surface area contributed by atoms with E-state index in [0.717, 1.165) is 44.8 Å². The molecule has 0 bridgehead atoms. The molecule has 0 aliphatic carbocycles. The van der Waals surface area contributed by atoms with Crippen LogP contribution >= 0.6 is 0 Å². The molecule has 28 heavy (non-hydrogen) atoms. The molecule has 4 aromatic carbocycles. The first-order valence-corrected chi connectivity index (χ1v) is 9.20. The molecule has 5 aromatic rings. The summed E-state index contributed by atoms with van der Waals surface area (Å²) in [6.07, 6.45) is 0. The standard InChI is InChI=1S/C24H18N4/c25-17-11-13-21-23(15-17)28(20-9-5-2-6-10-20)24-16-19(12-14-22(24)27-21)26-18-7-3-1-4-8-18/h1-16H,(H2,25,26)/p+1. The molecule has 0 spiro atoms. The number of hydrogen-bond acceptors (Lipinski definition) is 3. The van der Waals surface area contributed by atoms with Gasteiger partial charge in [-0.2, -0.15) is 0 Å². The summed E-state index contributed by atoms with van der Waals surface area (Å²) in [6, 6.07) is 32.5. The van der Waals surface area contributed by atoms with Crippen LogP contribution < -0.4 is 15.6 Å². The predicted molar refractivity (Wildman–Crippen MR) is 115 cm³/mol. The Kier molecular flexibility index (Phi) is 3.87. The Hall–Kier alpha value is -3.92. The Morgan fingerprint density at radius 3 is 2.04 bits per heavy atom. The van der Waals surface area contributed by atoms with Crippen molar-refractivity contribution in [3.8, 4) is 5.69 Å². The molecule has 5 rings (SSSR count). The first kappa shape index (κ1) is 16.3. The second-order valence-electron chi connectivity index (χ2n) is 6.73. The molecule has 0 radical (unpaired) electrons. The van der Waals surface area contributed by atoms with Gasteiger partial charge in [-0.05, 0) is 36.4 Å². The van der Waals surface area contributed by atoms with Crippen molar-refractivity contribution in [2.24, 2.45) is 0 Å². The summed E-state index contributed by atoms with van der Waals surface area (Å²) in [4.78, 5) is 4.85. The largest absolute Gasteiger partial charge is 0.399 e. The lowest BCUT2D eigenvalue weighted by atomic mass is 10.2. The van der Waals surface area contributed by atoms with Gasteiger partial charge in [-0.1, -0.05) is 36.4 Å². The molecule has 0 aliphatic heterocycles. The molecule has 0 fully saturated rings. The maximum absolute atomic E-state index is 6.09. The third kappa shape index (κ3) is 2.91. The number of nitrogens with one attached hydrogen (secondary N) is 1. The predicted octanol–water partition coefficient (Wildman–Crippen LogP) is 4.99. The Bertz CT molecular complexity index is 1280. The van der Waals surface area contributed by atoms with Crippen LogP contribution in [-0.4, -0.2) is 4.98 Å². The first-order valence-electron chi connectivity index (χ1n) is 9.20. The molecule has 4 heteroatoms. The van der Waals surface area contributed by atoms with Crippen LogP contribution in [0, 0.1) is 0 Å². The minimum absolute atomic E-state index is 0.719. The minimum atomic E-state index is 0.719. The normalized spacial score (nSPS) is 11.0.